The number of H-pyrrole nitrogens is 1. The number of allylic oxidation sites excluding steroid dienone is 1. The molecule has 3 heterocycles. The smallest absolute Gasteiger partial charge is 0.175 e. The van der Waals surface area contributed by atoms with Gasteiger partial charge in [0.25, 0.3) is 0 Å². The number of fused-ring (bicyclic) bond motifs is 1. The van der Waals surface area contributed by atoms with Crippen molar-refractivity contribution >= 4 is 26.4 Å². The number of benzene rings is 1. The number of nitrogens with one attached hydrogen (secondary N) is 1. The monoisotopic (exact) mass is 480 g/mol. The molecule has 1 unspecified atom stereocenters. The first-order chi connectivity index (χ1) is 16.2. The number of aromatic amines is 1. The molecule has 0 spiro atoms. The molecule has 6 nitrogen and oxygen atoms in total. The number of ether oxygens (including phenoxy) is 2. The molecule has 1 aromatic carbocycles. The number of pyridine rings is 1. The van der Waals surface area contributed by atoms with E-state index in [9.17, 15) is 8.42 Å². The van der Waals surface area contributed by atoms with Gasteiger partial charge in [0.1, 0.15) is 5.65 Å². The average molecular weight is 481 g/mol. The lowest BCUT2D eigenvalue weighted by atomic mass is 9.96. The standard InChI is InChI=1S/C27H32N2O4S/c1-27(2)32-17-22(33-27)13-19-12-21-15-25(29-26(21)28-16-19)24(14-18-6-4-5-7-18)20-8-10-23(11-9-20)34(3,30)31/h8-12,14-16,18,22H,4-7,13,17H2,1-3H3,(H,28,29). The summed E-state index contributed by atoms with van der Waals surface area (Å²) in [5, 5.41) is 1.05. The van der Waals surface area contributed by atoms with E-state index in [4.69, 9.17) is 9.47 Å². The Bertz CT molecular complexity index is 1320. The second kappa shape index (κ2) is 8.95. The maximum absolute atomic E-state index is 11.9. The highest BCUT2D eigenvalue weighted by Gasteiger charge is 2.32. The summed E-state index contributed by atoms with van der Waals surface area (Å²) < 4.78 is 35.5. The molecule has 7 heteroatoms. The second-order valence-corrected chi connectivity index (χ2v) is 12.1. The van der Waals surface area contributed by atoms with Crippen LogP contribution in [0.3, 0.4) is 0 Å². The Labute approximate surface area is 201 Å². The lowest BCUT2D eigenvalue weighted by Crippen LogP contribution is -2.22. The zero-order chi connectivity index (χ0) is 23.9. The van der Waals surface area contributed by atoms with Crippen LogP contribution in [0.1, 0.15) is 56.4 Å². The van der Waals surface area contributed by atoms with Crippen LogP contribution in [0.5, 0.6) is 0 Å². The van der Waals surface area contributed by atoms with Gasteiger partial charge in [-0.15, -0.1) is 0 Å². The SMILES string of the molecule is CC1(C)OCC(Cc2cnc3[nH]c(C(=CC4CCCC4)c4ccc(S(C)(=O)=O)cc4)cc3c2)O1. The summed E-state index contributed by atoms with van der Waals surface area (Å²) in [6.07, 6.45) is 11.1. The van der Waals surface area contributed by atoms with Gasteiger partial charge in [-0.25, -0.2) is 13.4 Å². The van der Waals surface area contributed by atoms with E-state index in [1.54, 1.807) is 12.1 Å². The summed E-state index contributed by atoms with van der Waals surface area (Å²) in [4.78, 5) is 8.50. The first kappa shape index (κ1) is 23.3. The summed E-state index contributed by atoms with van der Waals surface area (Å²) in [5.41, 5.74) is 5.06. The van der Waals surface area contributed by atoms with Crippen LogP contribution in [-0.4, -0.2) is 43.1 Å². The van der Waals surface area contributed by atoms with Crippen LogP contribution in [0.4, 0.5) is 0 Å². The van der Waals surface area contributed by atoms with E-state index >= 15 is 0 Å². The summed E-state index contributed by atoms with van der Waals surface area (Å²) in [6.45, 7) is 4.46. The number of nitrogens with zero attached hydrogens (tertiary/aromatic N) is 1. The van der Waals surface area contributed by atoms with Gasteiger partial charge >= 0.3 is 0 Å². The lowest BCUT2D eigenvalue weighted by Gasteiger charge is -2.16. The zero-order valence-corrected chi connectivity index (χ0v) is 20.8. The molecule has 1 N–H and O–H groups in total. The van der Waals surface area contributed by atoms with Crippen LogP contribution in [0, 0.1) is 5.92 Å². The van der Waals surface area contributed by atoms with E-state index in [-0.39, 0.29) is 6.10 Å². The Hall–Kier alpha value is -2.48. The number of hydrogen-bond donors (Lipinski definition) is 1. The third kappa shape index (κ3) is 5.11. The van der Waals surface area contributed by atoms with Gasteiger partial charge < -0.3 is 14.5 Å². The predicted octanol–water partition coefficient (Wildman–Crippen LogP) is 5.28. The molecule has 1 saturated heterocycles. The van der Waals surface area contributed by atoms with Gasteiger partial charge in [-0.1, -0.05) is 31.1 Å². The minimum absolute atomic E-state index is 0.0267. The molecular formula is C27H32N2O4S. The Balaban J connectivity index is 1.47. The van der Waals surface area contributed by atoms with Crippen LogP contribution in [0.2, 0.25) is 0 Å². The molecule has 1 saturated carbocycles. The maximum atomic E-state index is 11.9. The van der Waals surface area contributed by atoms with Gasteiger partial charge in [0.2, 0.25) is 0 Å². The quantitative estimate of drug-likeness (QED) is 0.519. The van der Waals surface area contributed by atoms with Crippen molar-refractivity contribution < 1.29 is 17.9 Å². The van der Waals surface area contributed by atoms with Gasteiger partial charge in [-0.2, -0.15) is 0 Å². The van der Waals surface area contributed by atoms with Crippen molar-refractivity contribution in [2.24, 2.45) is 5.92 Å². The van der Waals surface area contributed by atoms with Crippen LogP contribution in [-0.2, 0) is 25.7 Å². The van der Waals surface area contributed by atoms with E-state index in [0.717, 1.165) is 39.8 Å². The average Bonchev–Trinajstić information content (AvgIpc) is 3.51. The fourth-order valence-corrected chi connectivity index (χ4v) is 5.66. The molecule has 1 aliphatic heterocycles. The van der Waals surface area contributed by atoms with Gasteiger partial charge in [-0.3, -0.25) is 0 Å². The first-order valence-corrected chi connectivity index (χ1v) is 13.9. The molecule has 5 rings (SSSR count). The normalized spacial score (nSPS) is 21.5. The topological polar surface area (TPSA) is 81.3 Å². The van der Waals surface area contributed by atoms with Crippen LogP contribution in [0.15, 0.2) is 53.6 Å². The first-order valence-electron chi connectivity index (χ1n) is 12.0. The predicted molar refractivity (Wildman–Crippen MR) is 133 cm³/mol. The molecule has 2 aromatic heterocycles. The highest BCUT2D eigenvalue weighted by atomic mass is 32.2. The van der Waals surface area contributed by atoms with Crippen molar-refractivity contribution in [2.45, 2.75) is 62.7 Å². The fourth-order valence-electron chi connectivity index (χ4n) is 5.03. The van der Waals surface area contributed by atoms with Crippen LogP contribution in [0.25, 0.3) is 16.6 Å². The van der Waals surface area contributed by atoms with Gasteiger partial charge in [0.05, 0.1) is 17.6 Å². The highest BCUT2D eigenvalue weighted by Crippen LogP contribution is 2.33. The Morgan fingerprint density at radius 1 is 1.18 bits per heavy atom. The molecule has 34 heavy (non-hydrogen) atoms. The van der Waals surface area contributed by atoms with Gasteiger partial charge in [0, 0.05) is 35.5 Å². The van der Waals surface area contributed by atoms with Crippen molar-refractivity contribution in [1.29, 1.82) is 0 Å². The van der Waals surface area contributed by atoms with E-state index in [2.05, 4.69) is 28.2 Å². The maximum Gasteiger partial charge on any atom is 0.175 e. The molecule has 1 atom stereocenters. The van der Waals surface area contributed by atoms with Crippen molar-refractivity contribution in [3.05, 3.63) is 65.5 Å². The molecule has 0 amide bonds. The summed E-state index contributed by atoms with van der Waals surface area (Å²) >= 11 is 0. The fraction of sp³-hybridized carbons (Fsp3) is 0.444. The summed E-state index contributed by atoms with van der Waals surface area (Å²) in [7, 11) is -3.23. The number of sulfone groups is 1. The number of aromatic nitrogens is 2. The Morgan fingerprint density at radius 2 is 1.91 bits per heavy atom. The number of rotatable bonds is 6. The van der Waals surface area contributed by atoms with E-state index in [1.807, 2.05) is 32.2 Å². The molecule has 3 aromatic rings. The number of hydrogen-bond acceptors (Lipinski definition) is 5. The minimum Gasteiger partial charge on any atom is -0.348 e. The second-order valence-electron chi connectivity index (χ2n) is 10.0. The highest BCUT2D eigenvalue weighted by molar-refractivity contribution is 7.90. The minimum atomic E-state index is -3.23. The third-order valence-electron chi connectivity index (χ3n) is 6.74. The van der Waals surface area contributed by atoms with Gasteiger partial charge in [-0.05, 0) is 68.0 Å². The Morgan fingerprint density at radius 3 is 2.56 bits per heavy atom. The van der Waals surface area contributed by atoms with E-state index in [0.29, 0.717) is 17.4 Å². The van der Waals surface area contributed by atoms with Crippen LogP contribution >= 0.6 is 0 Å². The van der Waals surface area contributed by atoms with Crippen molar-refractivity contribution in [3.8, 4) is 0 Å². The van der Waals surface area contributed by atoms with E-state index in [1.165, 1.54) is 31.9 Å². The summed E-state index contributed by atoms with van der Waals surface area (Å²) in [6, 6.07) is 11.5. The van der Waals surface area contributed by atoms with Crippen LogP contribution < -0.4 is 0 Å². The zero-order valence-electron chi connectivity index (χ0n) is 20.0. The third-order valence-corrected chi connectivity index (χ3v) is 7.87. The molecule has 2 fully saturated rings. The largest absolute Gasteiger partial charge is 0.348 e. The summed E-state index contributed by atoms with van der Waals surface area (Å²) in [5.74, 6) is -0.00172. The molecule has 0 radical (unpaired) electrons. The van der Waals surface area contributed by atoms with Gasteiger partial charge in [0.15, 0.2) is 15.6 Å². The van der Waals surface area contributed by atoms with Crippen molar-refractivity contribution in [2.75, 3.05) is 12.9 Å². The lowest BCUT2D eigenvalue weighted by molar-refractivity contribution is -0.138. The molecule has 1 aliphatic carbocycles. The molecule has 180 valence electrons. The molecule has 2 aliphatic rings. The van der Waals surface area contributed by atoms with Crippen molar-refractivity contribution in [1.82, 2.24) is 9.97 Å². The molecular weight excluding hydrogens is 448 g/mol. The Kier molecular flexibility index (Phi) is 6.12. The van der Waals surface area contributed by atoms with E-state index < -0.39 is 15.6 Å². The van der Waals surface area contributed by atoms with Crippen molar-refractivity contribution in [3.63, 3.8) is 0 Å². The molecule has 0 bridgehead atoms.